The van der Waals surface area contributed by atoms with Crippen LogP contribution in [-0.2, 0) is 4.79 Å². The molecule has 1 N–H and O–H groups in total. The van der Waals surface area contributed by atoms with E-state index in [-0.39, 0.29) is 5.91 Å². The number of aromatic nitrogens is 2. The van der Waals surface area contributed by atoms with Gasteiger partial charge in [-0.05, 0) is 31.4 Å². The van der Waals surface area contributed by atoms with Gasteiger partial charge >= 0.3 is 0 Å². The molecule has 0 aliphatic rings. The van der Waals surface area contributed by atoms with Crippen molar-refractivity contribution in [1.29, 1.82) is 0 Å². The van der Waals surface area contributed by atoms with E-state index in [2.05, 4.69) is 29.4 Å². The van der Waals surface area contributed by atoms with Gasteiger partial charge in [-0.3, -0.25) is 10.1 Å². The Morgan fingerprint density at radius 3 is 2.44 bits per heavy atom. The van der Waals surface area contributed by atoms with E-state index in [9.17, 15) is 4.79 Å². The van der Waals surface area contributed by atoms with Crippen molar-refractivity contribution < 1.29 is 9.53 Å². The van der Waals surface area contributed by atoms with Gasteiger partial charge in [-0.25, -0.2) is 0 Å². The lowest BCUT2D eigenvalue weighted by Gasteiger charge is -2.18. The highest BCUT2D eigenvalue weighted by Gasteiger charge is 2.19. The average Bonchev–Trinajstić information content (AvgIpc) is 3.11. The number of nitrogens with zero attached hydrogens (tertiary/aromatic N) is 2. The Bertz CT molecular complexity index is 919. The van der Waals surface area contributed by atoms with Gasteiger partial charge in [0.1, 0.15) is 10.8 Å². The van der Waals surface area contributed by atoms with Gasteiger partial charge < -0.3 is 4.74 Å². The largest absolute Gasteiger partial charge is 0.481 e. The van der Waals surface area contributed by atoms with E-state index in [0.717, 1.165) is 21.9 Å². The fraction of sp³-hybridized carbons (Fsp3) is 0.286. The van der Waals surface area contributed by atoms with Gasteiger partial charge in [-0.1, -0.05) is 73.2 Å². The third-order valence-corrected chi connectivity index (χ3v) is 5.06. The number of hydrogen-bond donors (Lipinski definition) is 1. The lowest BCUT2D eigenvalue weighted by atomic mass is 10.0. The average molecular weight is 382 g/mol. The zero-order valence-corrected chi connectivity index (χ0v) is 16.7. The minimum Gasteiger partial charge on any atom is -0.481 e. The summed E-state index contributed by atoms with van der Waals surface area (Å²) in [6.45, 7) is 7.96. The number of rotatable bonds is 6. The topological polar surface area (TPSA) is 64.1 Å². The van der Waals surface area contributed by atoms with Crippen LogP contribution in [0.1, 0.15) is 37.8 Å². The molecule has 1 heterocycles. The van der Waals surface area contributed by atoms with Crippen molar-refractivity contribution in [2.75, 3.05) is 5.32 Å². The van der Waals surface area contributed by atoms with Crippen molar-refractivity contribution in [2.45, 2.75) is 39.7 Å². The molecule has 0 bridgehead atoms. The van der Waals surface area contributed by atoms with E-state index in [4.69, 9.17) is 4.74 Å². The molecule has 0 saturated heterocycles. The van der Waals surface area contributed by atoms with Crippen LogP contribution in [0, 0.1) is 6.92 Å². The predicted molar refractivity (Wildman–Crippen MR) is 109 cm³/mol. The summed E-state index contributed by atoms with van der Waals surface area (Å²) in [5.41, 5.74) is 3.24. The highest BCUT2D eigenvalue weighted by molar-refractivity contribution is 7.18. The van der Waals surface area contributed by atoms with Crippen molar-refractivity contribution in [2.24, 2.45) is 0 Å². The van der Waals surface area contributed by atoms with Crippen LogP contribution < -0.4 is 10.1 Å². The standard InChI is InChI=1S/C21H23N3O2S/c1-13(2)17-7-5-6-8-18(17)26-15(4)19(25)22-21-24-23-20(27-21)16-11-9-14(3)10-12-16/h5-13,15H,1-4H3,(H,22,24,25)/t15-/m1/s1. The first-order valence-electron chi connectivity index (χ1n) is 8.91. The number of aryl methyl sites for hydroxylation is 1. The van der Waals surface area contributed by atoms with Crippen LogP contribution in [0.15, 0.2) is 48.5 Å². The maximum atomic E-state index is 12.5. The first-order chi connectivity index (χ1) is 12.9. The van der Waals surface area contributed by atoms with Crippen molar-refractivity contribution in [3.05, 3.63) is 59.7 Å². The van der Waals surface area contributed by atoms with Gasteiger partial charge in [-0.15, -0.1) is 10.2 Å². The molecular formula is C21H23N3O2S. The van der Waals surface area contributed by atoms with E-state index in [0.29, 0.717) is 11.0 Å². The second kappa shape index (κ2) is 8.31. The summed E-state index contributed by atoms with van der Waals surface area (Å²) >= 11 is 1.34. The smallest absolute Gasteiger partial charge is 0.266 e. The van der Waals surface area contributed by atoms with Crippen LogP contribution in [-0.4, -0.2) is 22.2 Å². The number of carbonyl (C=O) groups excluding carboxylic acids is 1. The summed E-state index contributed by atoms with van der Waals surface area (Å²) < 4.78 is 5.89. The van der Waals surface area contributed by atoms with Gasteiger partial charge in [-0.2, -0.15) is 0 Å². The first kappa shape index (κ1) is 19.0. The maximum absolute atomic E-state index is 12.5. The van der Waals surface area contributed by atoms with Crippen molar-refractivity contribution in [3.8, 4) is 16.3 Å². The molecule has 1 amide bonds. The number of para-hydroxylation sites is 1. The summed E-state index contributed by atoms with van der Waals surface area (Å²) in [5.74, 6) is 0.796. The lowest BCUT2D eigenvalue weighted by Crippen LogP contribution is -2.30. The molecule has 140 valence electrons. The molecule has 0 spiro atoms. The molecule has 2 aromatic carbocycles. The number of benzene rings is 2. The zero-order valence-electron chi connectivity index (χ0n) is 15.9. The summed E-state index contributed by atoms with van der Waals surface area (Å²) in [5, 5.41) is 12.3. The molecule has 27 heavy (non-hydrogen) atoms. The summed E-state index contributed by atoms with van der Waals surface area (Å²) in [4.78, 5) is 12.5. The maximum Gasteiger partial charge on any atom is 0.266 e. The lowest BCUT2D eigenvalue weighted by molar-refractivity contribution is -0.122. The molecule has 0 fully saturated rings. The summed E-state index contributed by atoms with van der Waals surface area (Å²) in [7, 11) is 0. The number of amides is 1. The molecule has 0 aliphatic heterocycles. The van der Waals surface area contributed by atoms with Gasteiger partial charge in [0.15, 0.2) is 6.10 Å². The third kappa shape index (κ3) is 4.71. The second-order valence-corrected chi connectivity index (χ2v) is 7.70. The monoisotopic (exact) mass is 381 g/mol. The molecule has 3 aromatic rings. The van der Waals surface area contributed by atoms with E-state index in [1.54, 1.807) is 6.92 Å². The Labute approximate surface area is 163 Å². The van der Waals surface area contributed by atoms with Crippen LogP contribution in [0.25, 0.3) is 10.6 Å². The van der Waals surface area contributed by atoms with E-state index >= 15 is 0 Å². The summed E-state index contributed by atoms with van der Waals surface area (Å²) in [6, 6.07) is 15.8. The minimum absolute atomic E-state index is 0.250. The highest BCUT2D eigenvalue weighted by atomic mass is 32.1. The second-order valence-electron chi connectivity index (χ2n) is 6.72. The predicted octanol–water partition coefficient (Wildman–Crippen LogP) is 5.04. The Morgan fingerprint density at radius 2 is 1.74 bits per heavy atom. The Kier molecular flexibility index (Phi) is 5.86. The molecular weight excluding hydrogens is 358 g/mol. The zero-order chi connectivity index (χ0) is 19.4. The number of ether oxygens (including phenoxy) is 1. The molecule has 0 unspecified atom stereocenters. The van der Waals surface area contributed by atoms with Gasteiger partial charge in [0.25, 0.3) is 5.91 Å². The van der Waals surface area contributed by atoms with Crippen LogP contribution in [0.5, 0.6) is 5.75 Å². The van der Waals surface area contributed by atoms with Crippen molar-refractivity contribution in [1.82, 2.24) is 10.2 Å². The number of carbonyl (C=O) groups is 1. The molecule has 6 heteroatoms. The molecule has 0 radical (unpaired) electrons. The van der Waals surface area contributed by atoms with Crippen LogP contribution in [0.3, 0.4) is 0 Å². The number of anilines is 1. The SMILES string of the molecule is Cc1ccc(-c2nnc(NC(=O)[C@@H](C)Oc3ccccc3C(C)C)s2)cc1. The van der Waals surface area contributed by atoms with E-state index in [1.165, 1.54) is 16.9 Å². The summed E-state index contributed by atoms with van der Waals surface area (Å²) in [6.07, 6.45) is -0.642. The molecule has 0 aliphatic carbocycles. The molecule has 3 rings (SSSR count). The van der Waals surface area contributed by atoms with Crippen molar-refractivity contribution >= 4 is 22.4 Å². The molecule has 0 saturated carbocycles. The van der Waals surface area contributed by atoms with Crippen LogP contribution in [0.4, 0.5) is 5.13 Å². The van der Waals surface area contributed by atoms with Crippen molar-refractivity contribution in [3.63, 3.8) is 0 Å². The minimum atomic E-state index is -0.642. The van der Waals surface area contributed by atoms with Gasteiger partial charge in [0.05, 0.1) is 0 Å². The van der Waals surface area contributed by atoms with E-state index in [1.807, 2.05) is 55.5 Å². The third-order valence-electron chi connectivity index (χ3n) is 4.17. The molecule has 5 nitrogen and oxygen atoms in total. The normalized spacial score (nSPS) is 12.0. The molecule has 1 aromatic heterocycles. The molecule has 1 atom stereocenters. The quantitative estimate of drug-likeness (QED) is 0.649. The number of nitrogens with one attached hydrogen (secondary N) is 1. The van der Waals surface area contributed by atoms with Crippen LogP contribution >= 0.6 is 11.3 Å². The fourth-order valence-corrected chi connectivity index (χ4v) is 3.35. The Morgan fingerprint density at radius 1 is 1.04 bits per heavy atom. The Hall–Kier alpha value is -2.73. The number of hydrogen-bond acceptors (Lipinski definition) is 5. The van der Waals surface area contributed by atoms with E-state index < -0.39 is 6.10 Å². The highest BCUT2D eigenvalue weighted by Crippen LogP contribution is 2.28. The van der Waals surface area contributed by atoms with Crippen LogP contribution in [0.2, 0.25) is 0 Å². The Balaban J connectivity index is 1.66. The van der Waals surface area contributed by atoms with Gasteiger partial charge in [0, 0.05) is 5.56 Å². The first-order valence-corrected chi connectivity index (χ1v) is 9.72. The van der Waals surface area contributed by atoms with Gasteiger partial charge in [0.2, 0.25) is 5.13 Å². The fourth-order valence-electron chi connectivity index (χ4n) is 2.60.